The summed E-state index contributed by atoms with van der Waals surface area (Å²) in [4.78, 5) is 28.7. The Kier molecular flexibility index (Phi) is 8.00. The molecule has 3 aromatic rings. The fraction of sp³-hybridized carbons (Fsp3) is 0.261. The maximum Gasteiger partial charge on any atom is 0.270 e. The van der Waals surface area contributed by atoms with E-state index in [0.29, 0.717) is 40.9 Å². The molecule has 0 saturated carbocycles. The highest BCUT2D eigenvalue weighted by atomic mass is 32.1. The number of aryl methyl sites for hydroxylation is 1. The van der Waals surface area contributed by atoms with Crippen molar-refractivity contribution in [2.45, 2.75) is 20.0 Å². The second kappa shape index (κ2) is 11.1. The third-order valence-electron chi connectivity index (χ3n) is 4.53. The molecular weight excluding hydrogens is 414 g/mol. The molecule has 0 spiro atoms. The average Bonchev–Trinajstić information content (AvgIpc) is 3.29. The monoisotopic (exact) mass is 439 g/mol. The van der Waals surface area contributed by atoms with Gasteiger partial charge in [0.15, 0.2) is 11.5 Å². The Balaban J connectivity index is 1.41. The average molecular weight is 440 g/mol. The summed E-state index contributed by atoms with van der Waals surface area (Å²) in [5.74, 6) is 0.800. The van der Waals surface area contributed by atoms with E-state index in [4.69, 9.17) is 9.47 Å². The van der Waals surface area contributed by atoms with Crippen molar-refractivity contribution in [1.82, 2.24) is 15.6 Å². The van der Waals surface area contributed by atoms with Gasteiger partial charge in [-0.05, 0) is 36.2 Å². The van der Waals surface area contributed by atoms with E-state index in [1.165, 1.54) is 16.9 Å². The molecule has 2 aromatic carbocycles. The van der Waals surface area contributed by atoms with Gasteiger partial charge in [-0.1, -0.05) is 31.2 Å². The predicted molar refractivity (Wildman–Crippen MR) is 120 cm³/mol. The minimum absolute atomic E-state index is 0.165. The number of hydrogen-bond donors (Lipinski definition) is 2. The molecule has 0 fully saturated rings. The van der Waals surface area contributed by atoms with Crippen LogP contribution in [0.1, 0.15) is 38.3 Å². The largest absolute Gasteiger partial charge is 0.493 e. The molecule has 31 heavy (non-hydrogen) atoms. The third kappa shape index (κ3) is 6.29. The van der Waals surface area contributed by atoms with Crippen LogP contribution in [0.5, 0.6) is 11.5 Å². The van der Waals surface area contributed by atoms with E-state index in [2.05, 4.69) is 22.5 Å². The number of benzene rings is 2. The van der Waals surface area contributed by atoms with Crippen LogP contribution in [0.2, 0.25) is 0 Å². The predicted octanol–water partition coefficient (Wildman–Crippen LogP) is 3.45. The maximum atomic E-state index is 12.3. The highest BCUT2D eigenvalue weighted by Gasteiger charge is 2.12. The number of nitrogens with zero attached hydrogens (tertiary/aromatic N) is 1. The molecule has 0 aliphatic rings. The number of nitrogens with one attached hydrogen (secondary N) is 2. The Hall–Kier alpha value is -3.39. The molecule has 2 N–H and O–H groups in total. The van der Waals surface area contributed by atoms with Gasteiger partial charge in [0, 0.05) is 24.0 Å². The van der Waals surface area contributed by atoms with Crippen molar-refractivity contribution in [3.05, 3.63) is 75.7 Å². The van der Waals surface area contributed by atoms with Gasteiger partial charge in [0.05, 0.1) is 7.11 Å². The van der Waals surface area contributed by atoms with Crippen molar-refractivity contribution in [2.75, 3.05) is 20.2 Å². The van der Waals surface area contributed by atoms with Crippen LogP contribution in [-0.4, -0.2) is 37.0 Å². The summed E-state index contributed by atoms with van der Waals surface area (Å²) in [6, 6.07) is 14.8. The number of para-hydroxylation sites is 2. The van der Waals surface area contributed by atoms with E-state index in [9.17, 15) is 9.59 Å². The van der Waals surface area contributed by atoms with Gasteiger partial charge in [-0.3, -0.25) is 9.59 Å². The first-order valence-electron chi connectivity index (χ1n) is 9.96. The van der Waals surface area contributed by atoms with Gasteiger partial charge < -0.3 is 20.1 Å². The summed E-state index contributed by atoms with van der Waals surface area (Å²) < 4.78 is 11.0. The number of hydrogen-bond acceptors (Lipinski definition) is 6. The number of aromatic nitrogens is 1. The van der Waals surface area contributed by atoms with Gasteiger partial charge in [-0.2, -0.15) is 0 Å². The fourth-order valence-corrected chi connectivity index (χ4v) is 3.48. The number of ether oxygens (including phenoxy) is 2. The Morgan fingerprint density at radius 2 is 1.65 bits per heavy atom. The molecule has 162 valence electrons. The second-order valence-corrected chi connectivity index (χ2v) is 7.57. The van der Waals surface area contributed by atoms with Crippen LogP contribution >= 0.6 is 11.3 Å². The summed E-state index contributed by atoms with van der Waals surface area (Å²) in [5.41, 5.74) is 2.10. The van der Waals surface area contributed by atoms with Gasteiger partial charge >= 0.3 is 0 Å². The maximum absolute atomic E-state index is 12.3. The quantitative estimate of drug-likeness (QED) is 0.472. The van der Waals surface area contributed by atoms with Crippen molar-refractivity contribution >= 4 is 23.2 Å². The molecule has 0 aliphatic carbocycles. The summed E-state index contributed by atoms with van der Waals surface area (Å²) in [7, 11) is 1.58. The summed E-state index contributed by atoms with van der Waals surface area (Å²) in [5, 5.41) is 7.92. The summed E-state index contributed by atoms with van der Waals surface area (Å²) in [6.45, 7) is 2.94. The zero-order valence-corrected chi connectivity index (χ0v) is 18.3. The molecule has 0 atom stereocenters. The standard InChI is InChI=1S/C23H25N3O4S/c1-3-16-8-10-17(11-9-16)22(27)24-12-13-25-23(28)18-15-31-21(26-18)14-30-20-7-5-4-6-19(20)29-2/h4-11,15H,3,12-14H2,1-2H3,(H,24,27)(H,25,28). The minimum atomic E-state index is -0.290. The molecule has 0 radical (unpaired) electrons. The van der Waals surface area contributed by atoms with Crippen LogP contribution in [-0.2, 0) is 13.0 Å². The van der Waals surface area contributed by atoms with Crippen molar-refractivity contribution < 1.29 is 19.1 Å². The molecule has 0 aliphatic heterocycles. The zero-order valence-electron chi connectivity index (χ0n) is 17.5. The molecule has 1 aromatic heterocycles. The first-order chi connectivity index (χ1) is 15.1. The van der Waals surface area contributed by atoms with Gasteiger partial charge in [-0.15, -0.1) is 11.3 Å². The number of methoxy groups -OCH3 is 1. The lowest BCUT2D eigenvalue weighted by Gasteiger charge is -2.08. The van der Waals surface area contributed by atoms with Crippen molar-refractivity contribution in [1.29, 1.82) is 0 Å². The number of carbonyl (C=O) groups excluding carboxylic acids is 2. The smallest absolute Gasteiger partial charge is 0.270 e. The summed E-state index contributed by atoms with van der Waals surface area (Å²) in [6.07, 6.45) is 0.929. The molecule has 0 unspecified atom stereocenters. The Morgan fingerprint density at radius 1 is 0.968 bits per heavy atom. The highest BCUT2D eigenvalue weighted by Crippen LogP contribution is 2.27. The molecular formula is C23H25N3O4S. The topological polar surface area (TPSA) is 89.6 Å². The number of amides is 2. The Labute approximate surface area is 185 Å². The van der Waals surface area contributed by atoms with Gasteiger partial charge in [0.1, 0.15) is 17.3 Å². The van der Waals surface area contributed by atoms with Gasteiger partial charge in [0.25, 0.3) is 11.8 Å². The van der Waals surface area contributed by atoms with Crippen LogP contribution in [0.25, 0.3) is 0 Å². The number of thiazole rings is 1. The SMILES string of the molecule is CCc1ccc(C(=O)NCCNC(=O)c2csc(COc3ccccc3OC)n2)cc1. The fourth-order valence-electron chi connectivity index (χ4n) is 2.80. The number of rotatable bonds is 10. The zero-order chi connectivity index (χ0) is 22.1. The molecule has 2 amide bonds. The first-order valence-corrected chi connectivity index (χ1v) is 10.8. The van der Waals surface area contributed by atoms with E-state index < -0.39 is 0 Å². The third-order valence-corrected chi connectivity index (χ3v) is 5.35. The first kappa shape index (κ1) is 22.3. The van der Waals surface area contributed by atoms with Crippen LogP contribution in [0.4, 0.5) is 0 Å². The van der Waals surface area contributed by atoms with Crippen LogP contribution in [0.3, 0.4) is 0 Å². The number of carbonyl (C=O) groups is 2. The summed E-state index contributed by atoms with van der Waals surface area (Å²) >= 11 is 1.35. The van der Waals surface area contributed by atoms with Crippen LogP contribution < -0.4 is 20.1 Å². The highest BCUT2D eigenvalue weighted by molar-refractivity contribution is 7.09. The van der Waals surface area contributed by atoms with Gasteiger partial charge in [-0.25, -0.2) is 4.98 Å². The van der Waals surface area contributed by atoms with E-state index in [-0.39, 0.29) is 18.4 Å². The lowest BCUT2D eigenvalue weighted by Crippen LogP contribution is -2.34. The van der Waals surface area contributed by atoms with Crippen LogP contribution in [0.15, 0.2) is 53.9 Å². The lowest BCUT2D eigenvalue weighted by molar-refractivity contribution is 0.0925. The molecule has 0 bridgehead atoms. The molecule has 8 heteroatoms. The lowest BCUT2D eigenvalue weighted by atomic mass is 10.1. The Bertz CT molecular complexity index is 1020. The van der Waals surface area contributed by atoms with E-state index in [1.54, 1.807) is 24.6 Å². The van der Waals surface area contributed by atoms with Crippen molar-refractivity contribution in [2.24, 2.45) is 0 Å². The van der Waals surface area contributed by atoms with E-state index in [1.807, 2.05) is 36.4 Å². The van der Waals surface area contributed by atoms with E-state index >= 15 is 0 Å². The minimum Gasteiger partial charge on any atom is -0.493 e. The van der Waals surface area contributed by atoms with Crippen molar-refractivity contribution in [3.63, 3.8) is 0 Å². The van der Waals surface area contributed by atoms with Gasteiger partial charge in [0.2, 0.25) is 0 Å². The molecule has 7 nitrogen and oxygen atoms in total. The molecule has 1 heterocycles. The molecule has 0 saturated heterocycles. The van der Waals surface area contributed by atoms with E-state index in [0.717, 1.165) is 6.42 Å². The second-order valence-electron chi connectivity index (χ2n) is 6.63. The Morgan fingerprint density at radius 3 is 2.32 bits per heavy atom. The van der Waals surface area contributed by atoms with Crippen LogP contribution in [0, 0.1) is 0 Å². The normalized spacial score (nSPS) is 10.4. The molecule has 3 rings (SSSR count). The van der Waals surface area contributed by atoms with Crippen molar-refractivity contribution in [3.8, 4) is 11.5 Å².